The van der Waals surface area contributed by atoms with E-state index in [0.29, 0.717) is 6.54 Å². The number of aryl methyl sites for hydroxylation is 1. The van der Waals surface area contributed by atoms with Gasteiger partial charge in [-0.3, -0.25) is 5.41 Å². The summed E-state index contributed by atoms with van der Waals surface area (Å²) < 4.78 is 0. The first-order valence-electron chi connectivity index (χ1n) is 5.98. The number of nitrogens with one attached hydrogen (secondary N) is 1. The van der Waals surface area contributed by atoms with E-state index in [9.17, 15) is 0 Å². The third-order valence-electron chi connectivity index (χ3n) is 2.80. The smallest absolute Gasteiger partial charge is 0.132 e. The lowest BCUT2D eigenvalue weighted by Crippen LogP contribution is -2.35. The van der Waals surface area contributed by atoms with Crippen molar-refractivity contribution in [3.8, 4) is 0 Å². The molecule has 3 N–H and O–H groups in total. The van der Waals surface area contributed by atoms with Crippen LogP contribution in [0, 0.1) is 11.3 Å². The van der Waals surface area contributed by atoms with E-state index >= 15 is 0 Å². The zero-order valence-corrected chi connectivity index (χ0v) is 10.8. The number of anilines is 1. The van der Waals surface area contributed by atoms with Gasteiger partial charge < -0.3 is 10.6 Å². The van der Waals surface area contributed by atoms with Gasteiger partial charge in [0.1, 0.15) is 12.1 Å². The minimum atomic E-state index is 0.0370. The molecule has 0 aliphatic rings. The molecule has 0 amide bonds. The number of rotatable bonds is 6. The van der Waals surface area contributed by atoms with Gasteiger partial charge in [0.2, 0.25) is 0 Å². The molecule has 5 heteroatoms. The average Bonchev–Trinajstić information content (AvgIpc) is 2.35. The summed E-state index contributed by atoms with van der Waals surface area (Å²) in [4.78, 5) is 10.6. The number of aromatic nitrogens is 2. The molecule has 0 saturated carbocycles. The molecule has 1 atom stereocenters. The maximum absolute atomic E-state index is 7.43. The van der Waals surface area contributed by atoms with Crippen molar-refractivity contribution >= 4 is 11.7 Å². The highest BCUT2D eigenvalue weighted by Gasteiger charge is 2.13. The van der Waals surface area contributed by atoms with Crippen LogP contribution in [0.3, 0.4) is 0 Å². The van der Waals surface area contributed by atoms with Crippen LogP contribution in [-0.2, 0) is 6.42 Å². The van der Waals surface area contributed by atoms with Crippen LogP contribution in [0.1, 0.15) is 26.5 Å². The zero-order valence-electron chi connectivity index (χ0n) is 10.8. The fourth-order valence-corrected chi connectivity index (χ4v) is 1.57. The van der Waals surface area contributed by atoms with Crippen molar-refractivity contribution in [2.75, 3.05) is 18.0 Å². The summed E-state index contributed by atoms with van der Waals surface area (Å²) in [5, 5.41) is 7.43. The van der Waals surface area contributed by atoms with Crippen molar-refractivity contribution < 1.29 is 0 Å². The second-order valence-corrected chi connectivity index (χ2v) is 4.12. The Morgan fingerprint density at radius 3 is 2.71 bits per heavy atom. The summed E-state index contributed by atoms with van der Waals surface area (Å²) in [5.74, 6) is 1.16. The van der Waals surface area contributed by atoms with Gasteiger partial charge in [-0.2, -0.15) is 0 Å². The van der Waals surface area contributed by atoms with Crippen LogP contribution in [0.25, 0.3) is 0 Å². The molecule has 1 unspecified atom stereocenters. The number of nitrogens with two attached hydrogens (primary N) is 1. The van der Waals surface area contributed by atoms with Gasteiger partial charge in [0.05, 0.1) is 5.84 Å². The van der Waals surface area contributed by atoms with E-state index in [1.807, 2.05) is 13.0 Å². The molecule has 0 fully saturated rings. The van der Waals surface area contributed by atoms with E-state index in [0.717, 1.165) is 24.5 Å². The van der Waals surface area contributed by atoms with E-state index in [4.69, 9.17) is 11.1 Å². The van der Waals surface area contributed by atoms with Crippen LogP contribution in [0.15, 0.2) is 12.4 Å². The highest BCUT2D eigenvalue weighted by atomic mass is 15.2. The number of hydrogen-bond acceptors (Lipinski definition) is 4. The van der Waals surface area contributed by atoms with Crippen molar-refractivity contribution in [1.29, 1.82) is 5.41 Å². The molecule has 0 aliphatic heterocycles. The van der Waals surface area contributed by atoms with Gasteiger partial charge in [-0.15, -0.1) is 0 Å². The molecule has 0 saturated heterocycles. The molecule has 0 aliphatic carbocycles. The van der Waals surface area contributed by atoms with Crippen LogP contribution in [-0.4, -0.2) is 28.9 Å². The van der Waals surface area contributed by atoms with Crippen molar-refractivity contribution in [2.45, 2.75) is 27.2 Å². The minimum Gasteiger partial charge on any atom is -0.387 e. The van der Waals surface area contributed by atoms with Gasteiger partial charge >= 0.3 is 0 Å². The Morgan fingerprint density at radius 1 is 1.47 bits per heavy atom. The Balaban J connectivity index is 2.82. The highest BCUT2D eigenvalue weighted by Crippen LogP contribution is 2.13. The molecular formula is C12H21N5. The fourth-order valence-electron chi connectivity index (χ4n) is 1.57. The summed E-state index contributed by atoms with van der Waals surface area (Å²) in [5.41, 5.74) is 6.53. The molecule has 1 heterocycles. The van der Waals surface area contributed by atoms with E-state index in [1.165, 1.54) is 0 Å². The molecule has 1 aromatic heterocycles. The predicted molar refractivity (Wildman–Crippen MR) is 70.4 cm³/mol. The summed E-state index contributed by atoms with van der Waals surface area (Å²) in [6.07, 6.45) is 2.49. The summed E-state index contributed by atoms with van der Waals surface area (Å²) in [6, 6.07) is 2.00. The van der Waals surface area contributed by atoms with Gasteiger partial charge in [-0.05, 0) is 13.3 Å². The fraction of sp³-hybridized carbons (Fsp3) is 0.583. The second kappa shape index (κ2) is 6.18. The first-order chi connectivity index (χ1) is 8.08. The van der Waals surface area contributed by atoms with Gasteiger partial charge in [0.25, 0.3) is 0 Å². The molecule has 17 heavy (non-hydrogen) atoms. The third kappa shape index (κ3) is 3.69. The Hall–Kier alpha value is -1.65. The normalized spacial score (nSPS) is 12.2. The first-order valence-corrected chi connectivity index (χ1v) is 5.98. The third-order valence-corrected chi connectivity index (χ3v) is 2.80. The molecule has 94 valence electrons. The second-order valence-electron chi connectivity index (χ2n) is 4.12. The van der Waals surface area contributed by atoms with E-state index < -0.39 is 0 Å². The number of hydrogen-bond donors (Lipinski definition) is 2. The van der Waals surface area contributed by atoms with Gasteiger partial charge in [-0.1, -0.05) is 13.8 Å². The standard InChI is InChI=1S/C12H21N5/c1-4-10-6-11(16-8-15-10)17(5-2)7-9(3)12(13)14/h6,8-9H,4-5,7H2,1-3H3,(H3,13,14). The lowest BCUT2D eigenvalue weighted by molar-refractivity contribution is 0.688. The quantitative estimate of drug-likeness (QED) is 0.577. The first kappa shape index (κ1) is 13.4. The molecule has 1 rings (SSSR count). The summed E-state index contributed by atoms with van der Waals surface area (Å²) >= 11 is 0. The highest BCUT2D eigenvalue weighted by molar-refractivity contribution is 5.79. The van der Waals surface area contributed by atoms with E-state index in [1.54, 1.807) is 6.33 Å². The van der Waals surface area contributed by atoms with Crippen LogP contribution in [0.2, 0.25) is 0 Å². The van der Waals surface area contributed by atoms with Crippen LogP contribution in [0.4, 0.5) is 5.82 Å². The van der Waals surface area contributed by atoms with Gasteiger partial charge in [0.15, 0.2) is 0 Å². The largest absolute Gasteiger partial charge is 0.387 e. The maximum atomic E-state index is 7.43. The van der Waals surface area contributed by atoms with Crippen molar-refractivity contribution in [1.82, 2.24) is 9.97 Å². The van der Waals surface area contributed by atoms with Gasteiger partial charge in [-0.25, -0.2) is 9.97 Å². The number of nitrogens with zero attached hydrogens (tertiary/aromatic N) is 3. The molecular weight excluding hydrogens is 214 g/mol. The van der Waals surface area contributed by atoms with Gasteiger partial charge in [0, 0.05) is 30.8 Å². The Bertz CT molecular complexity index is 377. The summed E-state index contributed by atoms with van der Waals surface area (Å²) in [7, 11) is 0. The molecule has 0 bridgehead atoms. The Labute approximate surface area is 103 Å². The monoisotopic (exact) mass is 235 g/mol. The lowest BCUT2D eigenvalue weighted by atomic mass is 10.1. The molecule has 1 aromatic rings. The average molecular weight is 235 g/mol. The van der Waals surface area contributed by atoms with Crippen LogP contribution < -0.4 is 10.6 Å². The van der Waals surface area contributed by atoms with E-state index in [-0.39, 0.29) is 11.8 Å². The molecule has 0 aromatic carbocycles. The molecule has 0 radical (unpaired) electrons. The van der Waals surface area contributed by atoms with Crippen molar-refractivity contribution in [2.24, 2.45) is 11.7 Å². The van der Waals surface area contributed by atoms with Crippen molar-refractivity contribution in [3.05, 3.63) is 18.1 Å². The van der Waals surface area contributed by atoms with Crippen LogP contribution >= 0.6 is 0 Å². The molecule has 5 nitrogen and oxygen atoms in total. The van der Waals surface area contributed by atoms with Crippen LogP contribution in [0.5, 0.6) is 0 Å². The number of amidine groups is 1. The molecule has 0 spiro atoms. The summed E-state index contributed by atoms with van der Waals surface area (Å²) in [6.45, 7) is 7.65. The maximum Gasteiger partial charge on any atom is 0.132 e. The van der Waals surface area contributed by atoms with Crippen molar-refractivity contribution in [3.63, 3.8) is 0 Å². The zero-order chi connectivity index (χ0) is 12.8. The van der Waals surface area contributed by atoms with E-state index in [2.05, 4.69) is 28.7 Å². The SMILES string of the molecule is CCc1cc(N(CC)CC(C)C(=N)N)ncn1. The Kier molecular flexibility index (Phi) is 4.87. The minimum absolute atomic E-state index is 0.0370. The Morgan fingerprint density at radius 2 is 2.18 bits per heavy atom. The predicted octanol–water partition coefficient (Wildman–Crippen LogP) is 1.44. The lowest BCUT2D eigenvalue weighted by Gasteiger charge is -2.25. The topological polar surface area (TPSA) is 78.9 Å².